The number of halogens is 1. The number of nitrogens with zero attached hydrogens (tertiary/aromatic N) is 2. The maximum absolute atomic E-state index is 12.1. The summed E-state index contributed by atoms with van der Waals surface area (Å²) in [5, 5.41) is 5.86. The summed E-state index contributed by atoms with van der Waals surface area (Å²) in [7, 11) is 0. The van der Waals surface area contributed by atoms with E-state index in [1.165, 1.54) is 11.3 Å². The molecule has 3 N–H and O–H groups in total. The highest BCUT2D eigenvalue weighted by molar-refractivity contribution is 7.09. The van der Waals surface area contributed by atoms with Crippen molar-refractivity contribution in [3.8, 4) is 0 Å². The number of rotatable bonds is 5. The molecule has 1 aromatic rings. The summed E-state index contributed by atoms with van der Waals surface area (Å²) < 4.78 is 0. The van der Waals surface area contributed by atoms with E-state index >= 15 is 0 Å². The molecule has 0 aromatic carbocycles. The van der Waals surface area contributed by atoms with Gasteiger partial charge in [-0.05, 0) is 33.2 Å². The summed E-state index contributed by atoms with van der Waals surface area (Å²) in [6.45, 7) is 7.11. The van der Waals surface area contributed by atoms with E-state index in [1.807, 2.05) is 5.38 Å². The zero-order valence-corrected chi connectivity index (χ0v) is 14.3. The number of carbonyl (C=O) groups is 1. The van der Waals surface area contributed by atoms with E-state index in [0.717, 1.165) is 37.4 Å². The lowest BCUT2D eigenvalue weighted by atomic mass is 10.0. The van der Waals surface area contributed by atoms with Gasteiger partial charge in [0.1, 0.15) is 5.69 Å². The van der Waals surface area contributed by atoms with Crippen molar-refractivity contribution in [3.05, 3.63) is 16.1 Å². The smallest absolute Gasteiger partial charge is 0.270 e. The molecule has 0 atom stereocenters. The molecule has 0 radical (unpaired) electrons. The molecule has 0 aliphatic carbocycles. The van der Waals surface area contributed by atoms with Crippen LogP contribution in [0.5, 0.6) is 0 Å². The summed E-state index contributed by atoms with van der Waals surface area (Å²) in [4.78, 5) is 18.9. The molecule has 5 nitrogen and oxygen atoms in total. The maximum Gasteiger partial charge on any atom is 0.270 e. The third-order valence-electron chi connectivity index (χ3n) is 3.74. The molecule has 1 aliphatic rings. The molecule has 7 heteroatoms. The molecule has 1 amide bonds. The van der Waals surface area contributed by atoms with Crippen molar-refractivity contribution < 1.29 is 4.79 Å². The van der Waals surface area contributed by atoms with Crippen molar-refractivity contribution in [3.63, 3.8) is 0 Å². The average molecular weight is 333 g/mol. The van der Waals surface area contributed by atoms with Crippen LogP contribution >= 0.6 is 23.7 Å². The van der Waals surface area contributed by atoms with Gasteiger partial charge in [0.05, 0.1) is 5.01 Å². The zero-order chi connectivity index (χ0) is 14.5. The quantitative estimate of drug-likeness (QED) is 0.860. The lowest BCUT2D eigenvalue weighted by Gasteiger charge is -2.34. The first kappa shape index (κ1) is 18.4. The van der Waals surface area contributed by atoms with E-state index in [9.17, 15) is 4.79 Å². The van der Waals surface area contributed by atoms with E-state index in [1.54, 1.807) is 0 Å². The van der Waals surface area contributed by atoms with Gasteiger partial charge in [-0.25, -0.2) is 4.98 Å². The average Bonchev–Trinajstić information content (AvgIpc) is 2.88. The standard InChI is InChI=1S/C14H24N4OS.ClH/c1-10(2)18-7-4-11(5-8-18)16-14(19)12-9-20-13(17-12)3-6-15;/h9-11H,3-8,15H2,1-2H3,(H,16,19);1H. The van der Waals surface area contributed by atoms with Gasteiger partial charge in [0.25, 0.3) is 5.91 Å². The second-order valence-corrected chi connectivity index (χ2v) is 6.49. The number of likely N-dealkylation sites (tertiary alicyclic amines) is 1. The predicted molar refractivity (Wildman–Crippen MR) is 89.3 cm³/mol. The summed E-state index contributed by atoms with van der Waals surface area (Å²) in [5.74, 6) is -0.0486. The maximum atomic E-state index is 12.1. The van der Waals surface area contributed by atoms with Crippen LogP contribution in [0.4, 0.5) is 0 Å². The topological polar surface area (TPSA) is 71.2 Å². The highest BCUT2D eigenvalue weighted by atomic mass is 35.5. The molecule has 21 heavy (non-hydrogen) atoms. The monoisotopic (exact) mass is 332 g/mol. The van der Waals surface area contributed by atoms with Crippen LogP contribution < -0.4 is 11.1 Å². The first-order valence-electron chi connectivity index (χ1n) is 7.29. The molecule has 1 saturated heterocycles. The summed E-state index contributed by atoms with van der Waals surface area (Å²) in [5.41, 5.74) is 6.03. The number of aromatic nitrogens is 1. The van der Waals surface area contributed by atoms with Gasteiger partial charge >= 0.3 is 0 Å². The molecule has 120 valence electrons. The third-order valence-corrected chi connectivity index (χ3v) is 4.65. The molecular weight excluding hydrogens is 308 g/mol. The minimum absolute atomic E-state index is 0. The molecule has 0 bridgehead atoms. The molecule has 1 fully saturated rings. The van der Waals surface area contributed by atoms with E-state index in [-0.39, 0.29) is 24.4 Å². The lowest BCUT2D eigenvalue weighted by molar-refractivity contribution is 0.0896. The zero-order valence-electron chi connectivity index (χ0n) is 12.7. The highest BCUT2D eigenvalue weighted by Gasteiger charge is 2.23. The molecule has 2 heterocycles. The number of amides is 1. The van der Waals surface area contributed by atoms with Gasteiger partial charge in [0, 0.05) is 37.0 Å². The second-order valence-electron chi connectivity index (χ2n) is 5.54. The van der Waals surface area contributed by atoms with Gasteiger partial charge in [-0.1, -0.05) is 0 Å². The third kappa shape index (κ3) is 5.21. The van der Waals surface area contributed by atoms with Crippen LogP contribution in [0.25, 0.3) is 0 Å². The lowest BCUT2D eigenvalue weighted by Crippen LogP contribution is -2.46. The van der Waals surface area contributed by atoms with E-state index in [2.05, 4.69) is 29.0 Å². The molecule has 0 saturated carbocycles. The van der Waals surface area contributed by atoms with Crippen molar-refractivity contribution in [2.24, 2.45) is 5.73 Å². The Kier molecular flexibility index (Phi) is 7.59. The number of thiazole rings is 1. The largest absolute Gasteiger partial charge is 0.348 e. The van der Waals surface area contributed by atoms with Crippen molar-refractivity contribution in [1.29, 1.82) is 0 Å². The fraction of sp³-hybridized carbons (Fsp3) is 0.714. The first-order valence-corrected chi connectivity index (χ1v) is 8.17. The Hall–Kier alpha value is -0.690. The molecular formula is C14H25ClN4OS. The van der Waals surface area contributed by atoms with E-state index in [0.29, 0.717) is 18.3 Å². The summed E-state index contributed by atoms with van der Waals surface area (Å²) >= 11 is 1.51. The number of carbonyl (C=O) groups excluding carboxylic acids is 1. The number of hydrogen-bond donors (Lipinski definition) is 2. The number of nitrogens with one attached hydrogen (secondary N) is 1. The predicted octanol–water partition coefficient (Wildman–Crippen LogP) is 1.67. The van der Waals surface area contributed by atoms with E-state index in [4.69, 9.17) is 5.73 Å². The van der Waals surface area contributed by atoms with Crippen LogP contribution in [0, 0.1) is 0 Å². The number of hydrogen-bond acceptors (Lipinski definition) is 5. The van der Waals surface area contributed by atoms with Gasteiger partial charge in [-0.3, -0.25) is 4.79 Å². The fourth-order valence-electron chi connectivity index (χ4n) is 2.47. The number of piperidine rings is 1. The Bertz CT molecular complexity index is 444. The number of nitrogens with two attached hydrogens (primary N) is 1. The van der Waals surface area contributed by atoms with Crippen molar-refractivity contribution in [1.82, 2.24) is 15.2 Å². The van der Waals surface area contributed by atoms with E-state index < -0.39 is 0 Å². The van der Waals surface area contributed by atoms with Crippen LogP contribution in [0.3, 0.4) is 0 Å². The Balaban J connectivity index is 0.00000220. The van der Waals surface area contributed by atoms with Crippen molar-refractivity contribution in [2.45, 2.75) is 45.2 Å². The Morgan fingerprint density at radius 1 is 1.52 bits per heavy atom. The fourth-order valence-corrected chi connectivity index (χ4v) is 3.27. The molecule has 0 spiro atoms. The minimum atomic E-state index is -0.0486. The van der Waals surface area contributed by atoms with Crippen LogP contribution in [0.1, 0.15) is 42.2 Å². The highest BCUT2D eigenvalue weighted by Crippen LogP contribution is 2.15. The van der Waals surface area contributed by atoms with Crippen molar-refractivity contribution >= 4 is 29.7 Å². The molecule has 1 aliphatic heterocycles. The van der Waals surface area contributed by atoms with Crippen LogP contribution in [0.2, 0.25) is 0 Å². The second kappa shape index (κ2) is 8.68. The molecule has 1 aromatic heterocycles. The Morgan fingerprint density at radius 2 is 2.19 bits per heavy atom. The van der Waals surface area contributed by atoms with Crippen LogP contribution in [-0.2, 0) is 6.42 Å². The molecule has 2 rings (SSSR count). The summed E-state index contributed by atoms with van der Waals surface area (Å²) in [6.07, 6.45) is 2.78. The SMILES string of the molecule is CC(C)N1CCC(NC(=O)c2csc(CCN)n2)CC1.Cl. The van der Waals surface area contributed by atoms with Gasteiger partial charge in [0.2, 0.25) is 0 Å². The van der Waals surface area contributed by atoms with Gasteiger partial charge in [-0.2, -0.15) is 0 Å². The van der Waals surface area contributed by atoms with Crippen LogP contribution in [0.15, 0.2) is 5.38 Å². The normalized spacial score (nSPS) is 16.8. The first-order chi connectivity index (χ1) is 9.60. The molecule has 0 unspecified atom stereocenters. The van der Waals surface area contributed by atoms with Gasteiger partial charge in [0.15, 0.2) is 0 Å². The van der Waals surface area contributed by atoms with Crippen LogP contribution in [-0.4, -0.2) is 47.5 Å². The Labute approximate surface area is 136 Å². The minimum Gasteiger partial charge on any atom is -0.348 e. The Morgan fingerprint density at radius 3 is 2.76 bits per heavy atom. The van der Waals surface area contributed by atoms with Gasteiger partial charge < -0.3 is 16.0 Å². The summed E-state index contributed by atoms with van der Waals surface area (Å²) in [6, 6.07) is 0.862. The van der Waals surface area contributed by atoms with Gasteiger partial charge in [-0.15, -0.1) is 23.7 Å². The van der Waals surface area contributed by atoms with Crippen molar-refractivity contribution in [2.75, 3.05) is 19.6 Å².